The number of carbonyl (C=O) groups excluding carboxylic acids is 2. The van der Waals surface area contributed by atoms with E-state index in [0.29, 0.717) is 11.7 Å². The van der Waals surface area contributed by atoms with Crippen molar-refractivity contribution in [2.45, 2.75) is 45.6 Å². The van der Waals surface area contributed by atoms with Crippen molar-refractivity contribution in [1.29, 1.82) is 0 Å². The van der Waals surface area contributed by atoms with Crippen LogP contribution in [-0.2, 0) is 4.79 Å². The molecule has 0 bridgehead atoms. The van der Waals surface area contributed by atoms with Crippen molar-refractivity contribution in [3.63, 3.8) is 0 Å². The first kappa shape index (κ1) is 13.0. The quantitative estimate of drug-likeness (QED) is 0.642. The van der Waals surface area contributed by atoms with Gasteiger partial charge in [0.15, 0.2) is 0 Å². The third kappa shape index (κ3) is 2.13. The summed E-state index contributed by atoms with van der Waals surface area (Å²) in [5, 5.41) is 4.75. The van der Waals surface area contributed by atoms with E-state index < -0.39 is 6.03 Å². The van der Waals surface area contributed by atoms with E-state index in [1.807, 2.05) is 0 Å². The molecule has 1 aromatic rings. The van der Waals surface area contributed by atoms with Gasteiger partial charge in [-0.05, 0) is 44.4 Å². The lowest BCUT2D eigenvalue weighted by molar-refractivity contribution is -0.115. The number of imide groups is 1. The van der Waals surface area contributed by atoms with Crippen LogP contribution in [0.15, 0.2) is 11.8 Å². The molecule has 2 heterocycles. The second-order valence-corrected chi connectivity index (χ2v) is 5.60. The zero-order valence-corrected chi connectivity index (χ0v) is 11.8. The minimum atomic E-state index is -0.453. The Morgan fingerprint density at radius 2 is 1.90 bits per heavy atom. The Balaban J connectivity index is 1.95. The summed E-state index contributed by atoms with van der Waals surface area (Å²) >= 11 is 0. The van der Waals surface area contributed by atoms with Gasteiger partial charge in [-0.1, -0.05) is 12.8 Å². The van der Waals surface area contributed by atoms with Gasteiger partial charge in [-0.2, -0.15) is 0 Å². The van der Waals surface area contributed by atoms with Gasteiger partial charge in [-0.25, -0.2) is 4.79 Å². The largest absolute Gasteiger partial charge is 0.346 e. The SMILES string of the molecule is Cc1cc(/C=C2/NC(=O)NC2=O)c(C)n1C1CCCC1. The van der Waals surface area contributed by atoms with Gasteiger partial charge in [0.2, 0.25) is 0 Å². The zero-order valence-electron chi connectivity index (χ0n) is 11.8. The summed E-state index contributed by atoms with van der Waals surface area (Å²) < 4.78 is 2.37. The maximum atomic E-state index is 11.6. The molecule has 20 heavy (non-hydrogen) atoms. The van der Waals surface area contributed by atoms with E-state index in [9.17, 15) is 9.59 Å². The van der Waals surface area contributed by atoms with E-state index in [-0.39, 0.29) is 5.91 Å². The van der Waals surface area contributed by atoms with Gasteiger partial charge < -0.3 is 9.88 Å². The Labute approximate surface area is 118 Å². The smallest absolute Gasteiger partial charge is 0.326 e. The van der Waals surface area contributed by atoms with Gasteiger partial charge in [0.1, 0.15) is 5.70 Å². The number of nitrogens with one attached hydrogen (secondary N) is 2. The van der Waals surface area contributed by atoms with Crippen molar-refractivity contribution in [1.82, 2.24) is 15.2 Å². The Morgan fingerprint density at radius 1 is 1.20 bits per heavy atom. The van der Waals surface area contributed by atoms with Crippen LogP contribution in [0.25, 0.3) is 6.08 Å². The van der Waals surface area contributed by atoms with Crippen molar-refractivity contribution < 1.29 is 9.59 Å². The third-order valence-electron chi connectivity index (χ3n) is 4.23. The number of nitrogens with zero attached hydrogens (tertiary/aromatic N) is 1. The van der Waals surface area contributed by atoms with Crippen LogP contribution >= 0.6 is 0 Å². The number of aryl methyl sites for hydroxylation is 1. The van der Waals surface area contributed by atoms with E-state index in [4.69, 9.17) is 0 Å². The van der Waals surface area contributed by atoms with E-state index in [1.54, 1.807) is 6.08 Å². The van der Waals surface area contributed by atoms with Crippen LogP contribution in [0.4, 0.5) is 4.79 Å². The highest BCUT2D eigenvalue weighted by Gasteiger charge is 2.25. The molecule has 0 aromatic carbocycles. The molecular formula is C15H19N3O2. The molecule has 106 valence electrons. The van der Waals surface area contributed by atoms with E-state index >= 15 is 0 Å². The predicted molar refractivity (Wildman–Crippen MR) is 76.1 cm³/mol. The minimum absolute atomic E-state index is 0.321. The van der Waals surface area contributed by atoms with Gasteiger partial charge in [0.05, 0.1) is 0 Å². The first-order chi connectivity index (χ1) is 9.56. The van der Waals surface area contributed by atoms with Crippen LogP contribution in [0.5, 0.6) is 0 Å². The van der Waals surface area contributed by atoms with E-state index in [0.717, 1.165) is 11.3 Å². The van der Waals surface area contributed by atoms with Crippen LogP contribution in [0.2, 0.25) is 0 Å². The maximum absolute atomic E-state index is 11.6. The molecule has 1 aliphatic carbocycles. The second kappa shape index (κ2) is 4.81. The first-order valence-corrected chi connectivity index (χ1v) is 7.08. The lowest BCUT2D eigenvalue weighted by Crippen LogP contribution is -2.22. The molecule has 2 fully saturated rings. The van der Waals surface area contributed by atoms with Crippen LogP contribution < -0.4 is 10.6 Å². The van der Waals surface area contributed by atoms with Crippen LogP contribution in [0.1, 0.15) is 48.7 Å². The average molecular weight is 273 g/mol. The summed E-state index contributed by atoms with van der Waals surface area (Å²) in [6.07, 6.45) is 6.79. The highest BCUT2D eigenvalue weighted by Crippen LogP contribution is 2.33. The Bertz CT molecular complexity index is 607. The molecule has 1 saturated carbocycles. The predicted octanol–water partition coefficient (Wildman–Crippen LogP) is 2.40. The number of hydrogen-bond donors (Lipinski definition) is 2. The number of rotatable bonds is 2. The highest BCUT2D eigenvalue weighted by atomic mass is 16.2. The molecule has 3 amide bonds. The topological polar surface area (TPSA) is 63.1 Å². The molecule has 0 radical (unpaired) electrons. The standard InChI is InChI=1S/C15H19N3O2/c1-9-7-11(8-13-14(19)17-15(20)16-13)10(2)18(9)12-5-3-4-6-12/h7-8,12H,3-6H2,1-2H3,(H2,16,17,19,20)/b13-8+. The van der Waals surface area contributed by atoms with Crippen molar-refractivity contribution in [2.24, 2.45) is 0 Å². The van der Waals surface area contributed by atoms with Gasteiger partial charge in [-0.15, -0.1) is 0 Å². The molecular weight excluding hydrogens is 254 g/mol. The van der Waals surface area contributed by atoms with Crippen molar-refractivity contribution in [3.8, 4) is 0 Å². The summed E-state index contributed by atoms with van der Waals surface area (Å²) in [7, 11) is 0. The number of hydrogen-bond acceptors (Lipinski definition) is 2. The number of aromatic nitrogens is 1. The van der Waals surface area contributed by atoms with Crippen LogP contribution in [0.3, 0.4) is 0 Å². The van der Waals surface area contributed by atoms with Crippen molar-refractivity contribution >= 4 is 18.0 Å². The molecule has 1 aliphatic heterocycles. The van der Waals surface area contributed by atoms with E-state index in [2.05, 4.69) is 35.1 Å². The maximum Gasteiger partial charge on any atom is 0.326 e. The summed E-state index contributed by atoms with van der Waals surface area (Å²) in [6, 6.07) is 2.21. The average Bonchev–Trinajstić information content (AvgIpc) is 3.04. The van der Waals surface area contributed by atoms with Gasteiger partial charge in [-0.3, -0.25) is 10.1 Å². The minimum Gasteiger partial charge on any atom is -0.346 e. The summed E-state index contributed by atoms with van der Waals surface area (Å²) in [4.78, 5) is 22.7. The molecule has 0 atom stereocenters. The summed E-state index contributed by atoms with van der Waals surface area (Å²) in [6.45, 7) is 4.17. The fraction of sp³-hybridized carbons (Fsp3) is 0.467. The van der Waals surface area contributed by atoms with Gasteiger partial charge >= 0.3 is 6.03 Å². The lowest BCUT2D eigenvalue weighted by atomic mass is 10.2. The molecule has 2 aliphatic rings. The van der Waals surface area contributed by atoms with Crippen molar-refractivity contribution in [2.75, 3.05) is 0 Å². The molecule has 3 rings (SSSR count). The first-order valence-electron chi connectivity index (χ1n) is 7.08. The lowest BCUT2D eigenvalue weighted by Gasteiger charge is -2.17. The number of urea groups is 1. The number of amides is 3. The fourth-order valence-corrected chi connectivity index (χ4v) is 3.31. The molecule has 5 heteroatoms. The third-order valence-corrected chi connectivity index (χ3v) is 4.23. The van der Waals surface area contributed by atoms with Crippen molar-refractivity contribution in [3.05, 3.63) is 28.7 Å². The second-order valence-electron chi connectivity index (χ2n) is 5.60. The van der Waals surface area contributed by atoms with E-state index in [1.165, 1.54) is 31.4 Å². The molecule has 0 unspecified atom stereocenters. The Hall–Kier alpha value is -2.04. The molecule has 5 nitrogen and oxygen atoms in total. The van der Waals surface area contributed by atoms with Gasteiger partial charge in [0, 0.05) is 17.4 Å². The molecule has 2 N–H and O–H groups in total. The highest BCUT2D eigenvalue weighted by molar-refractivity contribution is 6.14. The summed E-state index contributed by atoms with van der Waals surface area (Å²) in [5.41, 5.74) is 3.70. The van der Waals surface area contributed by atoms with Crippen LogP contribution in [-0.4, -0.2) is 16.5 Å². The fourth-order valence-electron chi connectivity index (χ4n) is 3.31. The number of carbonyl (C=O) groups is 2. The molecule has 1 aromatic heterocycles. The van der Waals surface area contributed by atoms with Gasteiger partial charge in [0.25, 0.3) is 5.91 Å². The molecule has 1 saturated heterocycles. The molecule has 0 spiro atoms. The monoisotopic (exact) mass is 273 g/mol. The Kier molecular flexibility index (Phi) is 3.12. The zero-order chi connectivity index (χ0) is 14.3. The summed E-state index contributed by atoms with van der Waals surface area (Å²) in [5.74, 6) is -0.360. The van der Waals surface area contributed by atoms with Crippen LogP contribution in [0, 0.1) is 13.8 Å². The Morgan fingerprint density at radius 3 is 2.50 bits per heavy atom. The normalized spacial score (nSPS) is 21.6.